The Hall–Kier alpha value is -2.36. The number of aryl methyl sites for hydroxylation is 1. The molecule has 1 heterocycles. The van der Waals surface area contributed by atoms with E-state index < -0.39 is 0 Å². The van der Waals surface area contributed by atoms with Crippen molar-refractivity contribution in [3.8, 4) is 0 Å². The Labute approximate surface area is 123 Å². The van der Waals surface area contributed by atoms with Gasteiger partial charge in [-0.3, -0.25) is 4.79 Å². The van der Waals surface area contributed by atoms with Gasteiger partial charge in [-0.25, -0.2) is 4.39 Å². The van der Waals surface area contributed by atoms with E-state index in [-0.39, 0.29) is 18.3 Å². The number of para-hydroxylation sites is 1. The maximum atomic E-state index is 14.0. The number of nitrogens with two attached hydrogens (primary N) is 1. The van der Waals surface area contributed by atoms with E-state index >= 15 is 0 Å². The van der Waals surface area contributed by atoms with Crippen LogP contribution in [0.15, 0.2) is 42.5 Å². The number of benzene rings is 2. The van der Waals surface area contributed by atoms with Crippen molar-refractivity contribution in [2.24, 2.45) is 0 Å². The molecule has 2 N–H and O–H groups in total. The van der Waals surface area contributed by atoms with E-state index in [4.69, 9.17) is 5.73 Å². The van der Waals surface area contributed by atoms with Crippen LogP contribution < -0.4 is 10.6 Å². The molecule has 0 radical (unpaired) electrons. The van der Waals surface area contributed by atoms with Gasteiger partial charge in [0.25, 0.3) is 0 Å². The molecule has 1 aliphatic heterocycles. The highest BCUT2D eigenvalue weighted by Gasteiger charge is 2.22. The molecule has 0 bridgehead atoms. The molecule has 108 valence electrons. The van der Waals surface area contributed by atoms with Gasteiger partial charge in [0.1, 0.15) is 5.82 Å². The Morgan fingerprint density at radius 2 is 1.95 bits per heavy atom. The Morgan fingerprint density at radius 1 is 1.14 bits per heavy atom. The first-order valence-corrected chi connectivity index (χ1v) is 7.07. The van der Waals surface area contributed by atoms with Crippen LogP contribution in [0.3, 0.4) is 0 Å². The van der Waals surface area contributed by atoms with Crippen LogP contribution in [0.4, 0.5) is 15.8 Å². The largest absolute Gasteiger partial charge is 0.399 e. The molecule has 2 aromatic rings. The van der Waals surface area contributed by atoms with Crippen LogP contribution >= 0.6 is 0 Å². The fraction of sp³-hybridized carbons (Fsp3) is 0.235. The van der Waals surface area contributed by atoms with E-state index in [0.717, 1.165) is 24.1 Å². The third kappa shape index (κ3) is 2.75. The van der Waals surface area contributed by atoms with Crippen molar-refractivity contribution in [1.29, 1.82) is 0 Å². The molecule has 1 amide bonds. The lowest BCUT2D eigenvalue weighted by Crippen LogP contribution is -2.30. The summed E-state index contributed by atoms with van der Waals surface area (Å²) in [5, 5.41) is 0. The first-order chi connectivity index (χ1) is 10.1. The number of carbonyl (C=O) groups excluding carboxylic acids is 1. The highest BCUT2D eigenvalue weighted by molar-refractivity contribution is 5.94. The fourth-order valence-corrected chi connectivity index (χ4v) is 2.72. The number of halogens is 1. The molecule has 2 aromatic carbocycles. The minimum absolute atomic E-state index is 0.0381. The monoisotopic (exact) mass is 284 g/mol. The second-order valence-corrected chi connectivity index (χ2v) is 5.31. The molecule has 0 fully saturated rings. The van der Waals surface area contributed by atoms with Crippen molar-refractivity contribution in [3.05, 3.63) is 59.4 Å². The summed E-state index contributed by atoms with van der Waals surface area (Å²) in [7, 11) is 0. The van der Waals surface area contributed by atoms with Crippen LogP contribution in [0.25, 0.3) is 0 Å². The third-order valence-electron chi connectivity index (χ3n) is 3.83. The maximum absolute atomic E-state index is 14.0. The summed E-state index contributed by atoms with van der Waals surface area (Å²) in [5.41, 5.74) is 8.46. The van der Waals surface area contributed by atoms with Gasteiger partial charge in [0.2, 0.25) is 5.91 Å². The van der Waals surface area contributed by atoms with Gasteiger partial charge in [-0.05, 0) is 36.6 Å². The van der Waals surface area contributed by atoms with E-state index in [1.54, 1.807) is 17.0 Å². The van der Waals surface area contributed by atoms with Crippen molar-refractivity contribution in [1.82, 2.24) is 0 Å². The lowest BCUT2D eigenvalue weighted by molar-refractivity contribution is -0.118. The summed E-state index contributed by atoms with van der Waals surface area (Å²) in [6.45, 7) is 0.238. The van der Waals surface area contributed by atoms with Crippen LogP contribution in [0.2, 0.25) is 0 Å². The predicted molar refractivity (Wildman–Crippen MR) is 81.4 cm³/mol. The van der Waals surface area contributed by atoms with Gasteiger partial charge in [-0.1, -0.05) is 24.3 Å². The van der Waals surface area contributed by atoms with Crippen LogP contribution in [0.1, 0.15) is 24.0 Å². The molecule has 4 heteroatoms. The fourth-order valence-electron chi connectivity index (χ4n) is 2.72. The third-order valence-corrected chi connectivity index (χ3v) is 3.83. The highest BCUT2D eigenvalue weighted by Crippen LogP contribution is 2.28. The number of carbonyl (C=O) groups is 1. The predicted octanol–water partition coefficient (Wildman–Crippen LogP) is 3.28. The van der Waals surface area contributed by atoms with Gasteiger partial charge in [-0.2, -0.15) is 0 Å². The van der Waals surface area contributed by atoms with Crippen molar-refractivity contribution in [2.75, 3.05) is 10.6 Å². The number of amides is 1. The molecular weight excluding hydrogens is 267 g/mol. The summed E-state index contributed by atoms with van der Waals surface area (Å²) in [4.78, 5) is 14.0. The minimum atomic E-state index is -0.371. The molecule has 0 spiro atoms. The molecule has 1 aliphatic rings. The molecule has 0 unspecified atom stereocenters. The number of hydrogen-bond acceptors (Lipinski definition) is 2. The summed E-state index contributed by atoms with van der Waals surface area (Å²) < 4.78 is 14.0. The molecular formula is C17H17FN2O. The standard InChI is InChI=1S/C17H17FN2O/c18-15-10-14(19)9-8-13(15)11-20-16-6-2-1-4-12(16)5-3-7-17(20)21/h1-2,4,6,8-10H,3,5,7,11,19H2. The molecule has 0 saturated heterocycles. The number of rotatable bonds is 2. The Morgan fingerprint density at radius 3 is 2.76 bits per heavy atom. The van der Waals surface area contributed by atoms with Crippen molar-refractivity contribution >= 4 is 17.3 Å². The topological polar surface area (TPSA) is 46.3 Å². The maximum Gasteiger partial charge on any atom is 0.227 e. The van der Waals surface area contributed by atoms with Crippen molar-refractivity contribution in [2.45, 2.75) is 25.8 Å². The van der Waals surface area contributed by atoms with Gasteiger partial charge in [0.05, 0.1) is 6.54 Å². The number of fused-ring (bicyclic) bond motifs is 1. The quantitative estimate of drug-likeness (QED) is 0.860. The normalized spacial score (nSPS) is 14.7. The second-order valence-electron chi connectivity index (χ2n) is 5.31. The highest BCUT2D eigenvalue weighted by atomic mass is 19.1. The van der Waals surface area contributed by atoms with Crippen molar-refractivity contribution in [3.63, 3.8) is 0 Å². The SMILES string of the molecule is Nc1ccc(CN2C(=O)CCCc3ccccc32)c(F)c1. The zero-order chi connectivity index (χ0) is 14.8. The Bertz CT molecular complexity index is 684. The van der Waals surface area contributed by atoms with E-state index in [1.165, 1.54) is 6.07 Å². The van der Waals surface area contributed by atoms with E-state index in [9.17, 15) is 9.18 Å². The number of nitrogens with zero attached hydrogens (tertiary/aromatic N) is 1. The summed E-state index contributed by atoms with van der Waals surface area (Å²) in [6.07, 6.45) is 2.20. The lowest BCUT2D eigenvalue weighted by Gasteiger charge is -2.23. The van der Waals surface area contributed by atoms with Crippen LogP contribution in [-0.4, -0.2) is 5.91 Å². The van der Waals surface area contributed by atoms with E-state index in [0.29, 0.717) is 17.7 Å². The Balaban J connectivity index is 1.98. The molecule has 0 saturated carbocycles. The molecule has 0 aliphatic carbocycles. The van der Waals surface area contributed by atoms with Crippen LogP contribution in [-0.2, 0) is 17.8 Å². The number of hydrogen-bond donors (Lipinski definition) is 1. The molecule has 3 rings (SSSR count). The number of nitrogen functional groups attached to an aromatic ring is 1. The Kier molecular flexibility index (Phi) is 3.60. The lowest BCUT2D eigenvalue weighted by atomic mass is 10.1. The summed E-state index contributed by atoms with van der Waals surface area (Å²) in [6, 6.07) is 12.4. The van der Waals surface area contributed by atoms with Crippen molar-refractivity contribution < 1.29 is 9.18 Å². The molecule has 21 heavy (non-hydrogen) atoms. The van der Waals surface area contributed by atoms with Gasteiger partial charge < -0.3 is 10.6 Å². The minimum Gasteiger partial charge on any atom is -0.399 e. The summed E-state index contributed by atoms with van der Waals surface area (Å²) in [5.74, 6) is -0.333. The smallest absolute Gasteiger partial charge is 0.227 e. The first kappa shape index (κ1) is 13.6. The van der Waals surface area contributed by atoms with Gasteiger partial charge in [-0.15, -0.1) is 0 Å². The average Bonchev–Trinajstić information content (AvgIpc) is 2.62. The number of anilines is 2. The zero-order valence-corrected chi connectivity index (χ0v) is 11.7. The summed E-state index contributed by atoms with van der Waals surface area (Å²) >= 11 is 0. The second kappa shape index (κ2) is 5.56. The van der Waals surface area contributed by atoms with E-state index in [1.807, 2.05) is 24.3 Å². The van der Waals surface area contributed by atoms with Gasteiger partial charge in [0, 0.05) is 23.4 Å². The molecule has 3 nitrogen and oxygen atoms in total. The zero-order valence-electron chi connectivity index (χ0n) is 11.7. The van der Waals surface area contributed by atoms with Crippen LogP contribution in [0.5, 0.6) is 0 Å². The van der Waals surface area contributed by atoms with Gasteiger partial charge >= 0.3 is 0 Å². The van der Waals surface area contributed by atoms with Crippen LogP contribution in [0, 0.1) is 5.82 Å². The average molecular weight is 284 g/mol. The van der Waals surface area contributed by atoms with Gasteiger partial charge in [0.15, 0.2) is 0 Å². The molecule has 0 atom stereocenters. The molecule has 0 aromatic heterocycles. The van der Waals surface area contributed by atoms with E-state index in [2.05, 4.69) is 0 Å². The first-order valence-electron chi connectivity index (χ1n) is 7.07.